The summed E-state index contributed by atoms with van der Waals surface area (Å²) in [6.07, 6.45) is 6.25. The molecular weight excluding hydrogens is 310 g/mol. The summed E-state index contributed by atoms with van der Waals surface area (Å²) in [5.41, 5.74) is 3.60. The predicted octanol–water partition coefficient (Wildman–Crippen LogP) is 3.39. The molecule has 1 aromatic carbocycles. The maximum Gasteiger partial charge on any atom is 0.226 e. The predicted molar refractivity (Wildman–Crippen MR) is 92.0 cm³/mol. The number of halogens is 1. The summed E-state index contributed by atoms with van der Waals surface area (Å²) in [5.74, 6) is 0.883. The highest BCUT2D eigenvalue weighted by molar-refractivity contribution is 6.28. The van der Waals surface area contributed by atoms with Gasteiger partial charge < -0.3 is 4.90 Å². The number of rotatable bonds is 1. The van der Waals surface area contributed by atoms with E-state index in [1.54, 1.807) is 6.20 Å². The van der Waals surface area contributed by atoms with Crippen LogP contribution in [0.5, 0.6) is 0 Å². The van der Waals surface area contributed by atoms with Crippen LogP contribution in [0.15, 0.2) is 30.5 Å². The number of nitrogens with one attached hydrogen (secondary N) is 1. The average Bonchev–Trinajstić information content (AvgIpc) is 3.05. The van der Waals surface area contributed by atoms with Gasteiger partial charge in [-0.3, -0.25) is 5.10 Å². The fourth-order valence-electron chi connectivity index (χ4n) is 3.28. The number of hydrogen-bond acceptors (Lipinski definition) is 4. The summed E-state index contributed by atoms with van der Waals surface area (Å²) in [4.78, 5) is 11.0. The van der Waals surface area contributed by atoms with E-state index in [0.717, 1.165) is 43.6 Å². The molecular formula is C17H18ClN5. The van der Waals surface area contributed by atoms with Crippen LogP contribution in [0.3, 0.4) is 0 Å². The Bertz CT molecular complexity index is 829. The van der Waals surface area contributed by atoms with Gasteiger partial charge >= 0.3 is 0 Å². The normalized spacial score (nSPS) is 15.8. The van der Waals surface area contributed by atoms with E-state index in [1.165, 1.54) is 17.5 Å². The van der Waals surface area contributed by atoms with E-state index >= 15 is 0 Å². The maximum absolute atomic E-state index is 6.09. The standard InChI is InChI=1S/C17H18ClN5/c18-17-20-15-14(11-19-22-15)16(21-17)23-9-4-3-7-12-5-1-2-6-13(12)8-10-23/h1-2,5-6,11H,3-4,7-10H2,(H,19,20,21,22). The summed E-state index contributed by atoms with van der Waals surface area (Å²) in [7, 11) is 0. The minimum absolute atomic E-state index is 0.261. The average molecular weight is 328 g/mol. The van der Waals surface area contributed by atoms with Crippen LogP contribution < -0.4 is 4.90 Å². The number of hydrogen-bond donors (Lipinski definition) is 1. The van der Waals surface area contributed by atoms with Gasteiger partial charge in [-0.05, 0) is 48.4 Å². The van der Waals surface area contributed by atoms with E-state index in [1.807, 2.05) is 0 Å². The molecule has 1 aliphatic rings. The third-order valence-electron chi connectivity index (χ3n) is 4.46. The van der Waals surface area contributed by atoms with Crippen LogP contribution in [0, 0.1) is 0 Å². The van der Waals surface area contributed by atoms with E-state index in [4.69, 9.17) is 11.6 Å². The van der Waals surface area contributed by atoms with E-state index in [9.17, 15) is 0 Å². The first-order chi connectivity index (χ1) is 11.3. The highest BCUT2D eigenvalue weighted by atomic mass is 35.5. The number of nitrogens with zero attached hydrogens (tertiary/aromatic N) is 4. The topological polar surface area (TPSA) is 57.7 Å². The lowest BCUT2D eigenvalue weighted by atomic mass is 10.0. The van der Waals surface area contributed by atoms with E-state index in [-0.39, 0.29) is 5.28 Å². The largest absolute Gasteiger partial charge is 0.356 e. The maximum atomic E-state index is 6.09. The first-order valence-electron chi connectivity index (χ1n) is 7.99. The SMILES string of the molecule is Clc1nc(N2CCCCc3ccccc3CC2)c2cn[nH]c2n1. The summed E-state index contributed by atoms with van der Waals surface area (Å²) in [5, 5.41) is 8.16. The number of aromatic amines is 1. The molecule has 0 spiro atoms. The molecule has 0 unspecified atom stereocenters. The summed E-state index contributed by atoms with van der Waals surface area (Å²) in [6, 6.07) is 8.74. The molecule has 23 heavy (non-hydrogen) atoms. The number of benzene rings is 1. The van der Waals surface area contributed by atoms with E-state index < -0.39 is 0 Å². The molecule has 0 bridgehead atoms. The van der Waals surface area contributed by atoms with Gasteiger partial charge in [-0.15, -0.1) is 0 Å². The molecule has 0 aliphatic carbocycles. The minimum Gasteiger partial charge on any atom is -0.356 e. The molecule has 0 amide bonds. The molecule has 3 aromatic rings. The van der Waals surface area contributed by atoms with Crippen LogP contribution >= 0.6 is 11.6 Å². The summed E-state index contributed by atoms with van der Waals surface area (Å²) in [6.45, 7) is 1.90. The Morgan fingerprint density at radius 1 is 1.00 bits per heavy atom. The van der Waals surface area contributed by atoms with E-state index in [0.29, 0.717) is 5.65 Å². The van der Waals surface area contributed by atoms with Crippen molar-refractivity contribution in [3.05, 3.63) is 46.9 Å². The van der Waals surface area contributed by atoms with Gasteiger partial charge in [0.15, 0.2) is 5.65 Å². The van der Waals surface area contributed by atoms with Gasteiger partial charge in [0.25, 0.3) is 0 Å². The number of aryl methyl sites for hydroxylation is 1. The summed E-state index contributed by atoms with van der Waals surface area (Å²) < 4.78 is 0. The zero-order chi connectivity index (χ0) is 15.6. The second-order valence-electron chi connectivity index (χ2n) is 5.91. The number of H-pyrrole nitrogens is 1. The Morgan fingerprint density at radius 3 is 2.70 bits per heavy atom. The Morgan fingerprint density at radius 2 is 1.83 bits per heavy atom. The lowest BCUT2D eigenvalue weighted by molar-refractivity contribution is 0.695. The molecule has 0 saturated carbocycles. The quantitative estimate of drug-likeness (QED) is 0.696. The monoisotopic (exact) mass is 327 g/mol. The number of anilines is 1. The van der Waals surface area contributed by atoms with Crippen LogP contribution in [0.2, 0.25) is 5.28 Å². The van der Waals surface area contributed by atoms with Crippen LogP contribution in [0.1, 0.15) is 24.0 Å². The Hall–Kier alpha value is -2.14. The molecule has 2 aromatic heterocycles. The number of fused-ring (bicyclic) bond motifs is 2. The van der Waals surface area contributed by atoms with Crippen molar-refractivity contribution in [1.29, 1.82) is 0 Å². The van der Waals surface area contributed by atoms with Crippen molar-refractivity contribution in [3.63, 3.8) is 0 Å². The Kier molecular flexibility index (Phi) is 3.87. The van der Waals surface area contributed by atoms with Gasteiger partial charge in [-0.1, -0.05) is 24.3 Å². The molecule has 3 heterocycles. The second kappa shape index (κ2) is 6.16. The Balaban J connectivity index is 1.69. The van der Waals surface area contributed by atoms with Crippen molar-refractivity contribution in [1.82, 2.24) is 20.2 Å². The third-order valence-corrected chi connectivity index (χ3v) is 4.62. The zero-order valence-corrected chi connectivity index (χ0v) is 13.6. The van der Waals surface area contributed by atoms with Gasteiger partial charge in [-0.25, -0.2) is 0 Å². The van der Waals surface area contributed by atoms with Crippen LogP contribution in [0.4, 0.5) is 5.82 Å². The van der Waals surface area contributed by atoms with Gasteiger partial charge in [-0.2, -0.15) is 15.1 Å². The Labute approximate surface area is 139 Å². The first-order valence-corrected chi connectivity index (χ1v) is 8.37. The molecule has 6 heteroatoms. The minimum atomic E-state index is 0.261. The summed E-state index contributed by atoms with van der Waals surface area (Å²) >= 11 is 6.09. The lowest BCUT2D eigenvalue weighted by Gasteiger charge is -2.23. The zero-order valence-electron chi connectivity index (χ0n) is 12.8. The van der Waals surface area contributed by atoms with Gasteiger partial charge in [0.2, 0.25) is 5.28 Å². The van der Waals surface area contributed by atoms with Crippen molar-refractivity contribution >= 4 is 28.5 Å². The molecule has 0 saturated heterocycles. The highest BCUT2D eigenvalue weighted by Gasteiger charge is 2.17. The molecule has 5 nitrogen and oxygen atoms in total. The fourth-order valence-corrected chi connectivity index (χ4v) is 3.44. The highest BCUT2D eigenvalue weighted by Crippen LogP contribution is 2.26. The van der Waals surface area contributed by atoms with Crippen molar-refractivity contribution in [2.24, 2.45) is 0 Å². The molecule has 0 atom stereocenters. The molecule has 1 aliphatic heterocycles. The molecule has 0 fully saturated rings. The van der Waals surface area contributed by atoms with Gasteiger partial charge in [0, 0.05) is 13.1 Å². The van der Waals surface area contributed by atoms with Gasteiger partial charge in [0.05, 0.1) is 11.6 Å². The molecule has 4 rings (SSSR count). The second-order valence-corrected chi connectivity index (χ2v) is 6.25. The molecule has 118 valence electrons. The van der Waals surface area contributed by atoms with Crippen LogP contribution in [-0.2, 0) is 12.8 Å². The van der Waals surface area contributed by atoms with Crippen molar-refractivity contribution in [3.8, 4) is 0 Å². The van der Waals surface area contributed by atoms with Crippen molar-refractivity contribution < 1.29 is 0 Å². The smallest absolute Gasteiger partial charge is 0.226 e. The molecule has 1 N–H and O–H groups in total. The van der Waals surface area contributed by atoms with Crippen molar-refractivity contribution in [2.45, 2.75) is 25.7 Å². The van der Waals surface area contributed by atoms with Crippen LogP contribution in [-0.4, -0.2) is 33.3 Å². The third kappa shape index (κ3) is 2.88. The fraction of sp³-hybridized carbons (Fsp3) is 0.353. The molecule has 0 radical (unpaired) electrons. The van der Waals surface area contributed by atoms with Crippen molar-refractivity contribution in [2.75, 3.05) is 18.0 Å². The van der Waals surface area contributed by atoms with E-state index in [2.05, 4.69) is 49.3 Å². The van der Waals surface area contributed by atoms with Crippen LogP contribution in [0.25, 0.3) is 11.0 Å². The number of aromatic nitrogens is 4. The van der Waals surface area contributed by atoms with Gasteiger partial charge in [0.1, 0.15) is 5.82 Å². The first kappa shape index (κ1) is 14.5. The lowest BCUT2D eigenvalue weighted by Crippen LogP contribution is -2.28.